The van der Waals surface area contributed by atoms with Gasteiger partial charge in [0.1, 0.15) is 12.1 Å². The Kier molecular flexibility index (Phi) is 5.62. The Bertz CT molecular complexity index is 1140. The molecule has 2 aromatic carbocycles. The van der Waals surface area contributed by atoms with Gasteiger partial charge in [0.15, 0.2) is 11.5 Å². The summed E-state index contributed by atoms with van der Waals surface area (Å²) in [5.41, 5.74) is 1.06. The Morgan fingerprint density at radius 2 is 1.85 bits per heavy atom. The maximum atomic E-state index is 13.5. The topological polar surface area (TPSA) is 97.0 Å². The summed E-state index contributed by atoms with van der Waals surface area (Å²) in [6, 6.07) is 10.3. The van der Waals surface area contributed by atoms with Gasteiger partial charge < -0.3 is 20.1 Å². The molecule has 0 saturated carbocycles. The number of imide groups is 1. The van der Waals surface area contributed by atoms with Crippen molar-refractivity contribution in [2.24, 2.45) is 0 Å². The van der Waals surface area contributed by atoms with Gasteiger partial charge in [0.2, 0.25) is 5.91 Å². The van der Waals surface area contributed by atoms with Crippen LogP contribution in [-0.4, -0.2) is 42.5 Å². The van der Waals surface area contributed by atoms with Crippen molar-refractivity contribution in [3.8, 4) is 11.5 Å². The lowest BCUT2D eigenvalue weighted by Gasteiger charge is -2.27. The summed E-state index contributed by atoms with van der Waals surface area (Å²) >= 11 is 6.31. The number of halogens is 1. The molecule has 0 radical (unpaired) electrons. The number of carbonyl (C=O) groups is 3. The number of anilines is 1. The predicted octanol–water partition coefficient (Wildman–Crippen LogP) is 3.61. The van der Waals surface area contributed by atoms with E-state index >= 15 is 0 Å². The number of benzene rings is 2. The zero-order chi connectivity index (χ0) is 23.0. The Labute approximate surface area is 196 Å². The first-order valence-electron chi connectivity index (χ1n) is 11.1. The van der Waals surface area contributed by atoms with Crippen LogP contribution in [0, 0.1) is 0 Å². The quantitative estimate of drug-likeness (QED) is 0.669. The molecule has 2 heterocycles. The summed E-state index contributed by atoms with van der Waals surface area (Å²) in [5, 5.41) is 5.86. The molecule has 5 rings (SSSR count). The number of hydrogen-bond acceptors (Lipinski definition) is 5. The molecule has 33 heavy (non-hydrogen) atoms. The standard InChI is InChI=1S/C24H24ClN3O5/c25-17-12-19-20(33-11-5-10-32-19)13-18(17)26-21(29)14-28-22(30)24(27-23(28)31)9-4-3-7-15-6-1-2-8-16(15)24/h1-2,6,8,12-13H,3-5,7,9-11,14H2,(H,26,29)(H,27,31). The fourth-order valence-electron chi connectivity index (χ4n) is 4.73. The Hall–Kier alpha value is -3.26. The number of rotatable bonds is 3. The highest BCUT2D eigenvalue weighted by Crippen LogP contribution is 2.40. The molecule has 1 saturated heterocycles. The molecular formula is C24H24ClN3O5. The lowest BCUT2D eigenvalue weighted by Crippen LogP contribution is -2.44. The Morgan fingerprint density at radius 3 is 2.67 bits per heavy atom. The van der Waals surface area contributed by atoms with E-state index in [4.69, 9.17) is 21.1 Å². The van der Waals surface area contributed by atoms with Crippen LogP contribution in [-0.2, 0) is 21.5 Å². The van der Waals surface area contributed by atoms with Crippen LogP contribution in [0.5, 0.6) is 11.5 Å². The van der Waals surface area contributed by atoms with Crippen LogP contribution in [0.25, 0.3) is 0 Å². The Balaban J connectivity index is 1.35. The highest BCUT2D eigenvalue weighted by molar-refractivity contribution is 6.34. The average molecular weight is 470 g/mol. The fraction of sp³-hybridized carbons (Fsp3) is 0.375. The minimum absolute atomic E-state index is 0.277. The molecule has 0 aromatic heterocycles. The first-order chi connectivity index (χ1) is 16.0. The van der Waals surface area contributed by atoms with Gasteiger partial charge in [0, 0.05) is 18.6 Å². The van der Waals surface area contributed by atoms with E-state index in [1.54, 1.807) is 12.1 Å². The van der Waals surface area contributed by atoms with Crippen molar-refractivity contribution in [2.45, 2.75) is 37.6 Å². The molecule has 3 aliphatic rings. The number of amides is 4. The molecule has 1 unspecified atom stereocenters. The second kappa shape index (κ2) is 8.59. The number of fused-ring (bicyclic) bond motifs is 3. The zero-order valence-electron chi connectivity index (χ0n) is 18.0. The van der Waals surface area contributed by atoms with E-state index in [1.165, 1.54) is 0 Å². The lowest BCUT2D eigenvalue weighted by molar-refractivity contribution is -0.134. The van der Waals surface area contributed by atoms with Crippen LogP contribution in [0.15, 0.2) is 36.4 Å². The summed E-state index contributed by atoms with van der Waals surface area (Å²) in [6.07, 6.45) is 3.83. The van der Waals surface area contributed by atoms with Crippen molar-refractivity contribution in [3.05, 3.63) is 52.5 Å². The van der Waals surface area contributed by atoms with Crippen molar-refractivity contribution in [3.63, 3.8) is 0 Å². The fourth-order valence-corrected chi connectivity index (χ4v) is 4.93. The van der Waals surface area contributed by atoms with Gasteiger partial charge in [-0.3, -0.25) is 14.5 Å². The smallest absolute Gasteiger partial charge is 0.325 e. The summed E-state index contributed by atoms with van der Waals surface area (Å²) < 4.78 is 11.2. The minimum Gasteiger partial charge on any atom is -0.490 e. The van der Waals surface area contributed by atoms with Gasteiger partial charge in [-0.1, -0.05) is 35.9 Å². The summed E-state index contributed by atoms with van der Waals surface area (Å²) in [4.78, 5) is 40.1. The van der Waals surface area contributed by atoms with Crippen LogP contribution >= 0.6 is 11.6 Å². The van der Waals surface area contributed by atoms with Crippen LogP contribution < -0.4 is 20.1 Å². The van der Waals surface area contributed by atoms with Crippen LogP contribution in [0.1, 0.15) is 36.8 Å². The van der Waals surface area contributed by atoms with Crippen LogP contribution in [0.3, 0.4) is 0 Å². The molecule has 1 aliphatic carbocycles. The Morgan fingerprint density at radius 1 is 1.09 bits per heavy atom. The number of hydrogen-bond donors (Lipinski definition) is 2. The molecule has 2 aliphatic heterocycles. The third kappa shape index (κ3) is 3.88. The maximum Gasteiger partial charge on any atom is 0.325 e. The SMILES string of the molecule is O=C(CN1C(=O)NC2(CCCCc3ccccc32)C1=O)Nc1cc2c(cc1Cl)OCCCO2. The largest absolute Gasteiger partial charge is 0.490 e. The molecular weight excluding hydrogens is 446 g/mol. The normalized spacial score (nSPS) is 21.8. The molecule has 172 valence electrons. The first-order valence-corrected chi connectivity index (χ1v) is 11.5. The maximum absolute atomic E-state index is 13.5. The molecule has 0 bridgehead atoms. The van der Waals surface area contributed by atoms with Crippen molar-refractivity contribution in [2.75, 3.05) is 25.1 Å². The molecule has 1 fully saturated rings. The average Bonchev–Trinajstić information content (AvgIpc) is 3.00. The molecule has 2 N–H and O–H groups in total. The lowest BCUT2D eigenvalue weighted by atomic mass is 9.84. The van der Waals surface area contributed by atoms with Crippen LogP contribution in [0.4, 0.5) is 10.5 Å². The predicted molar refractivity (Wildman–Crippen MR) is 122 cm³/mol. The van der Waals surface area contributed by atoms with Gasteiger partial charge in [0.05, 0.1) is 23.9 Å². The number of urea groups is 1. The number of nitrogens with one attached hydrogen (secondary N) is 2. The van der Waals surface area contributed by atoms with Gasteiger partial charge >= 0.3 is 6.03 Å². The molecule has 4 amide bonds. The van der Waals surface area contributed by atoms with Crippen molar-refractivity contribution < 1.29 is 23.9 Å². The van der Waals surface area contributed by atoms with E-state index < -0.39 is 29.9 Å². The van der Waals surface area contributed by atoms with E-state index in [9.17, 15) is 14.4 Å². The van der Waals surface area contributed by atoms with E-state index in [0.717, 1.165) is 41.7 Å². The third-order valence-electron chi connectivity index (χ3n) is 6.31. The van der Waals surface area contributed by atoms with Gasteiger partial charge in [-0.2, -0.15) is 0 Å². The van der Waals surface area contributed by atoms with Gasteiger partial charge in [-0.05, 0) is 36.8 Å². The first kappa shape index (κ1) is 21.6. The molecule has 8 nitrogen and oxygen atoms in total. The highest BCUT2D eigenvalue weighted by atomic mass is 35.5. The highest BCUT2D eigenvalue weighted by Gasteiger charge is 2.53. The van der Waals surface area contributed by atoms with Crippen molar-refractivity contribution >= 4 is 35.1 Å². The molecule has 2 aromatic rings. The van der Waals surface area contributed by atoms with Crippen molar-refractivity contribution in [1.29, 1.82) is 0 Å². The second-order valence-corrected chi connectivity index (χ2v) is 8.88. The monoisotopic (exact) mass is 469 g/mol. The van der Waals surface area contributed by atoms with Gasteiger partial charge in [-0.15, -0.1) is 0 Å². The molecule has 1 atom stereocenters. The van der Waals surface area contributed by atoms with Gasteiger partial charge in [-0.25, -0.2) is 4.79 Å². The summed E-state index contributed by atoms with van der Waals surface area (Å²) in [6.45, 7) is 0.597. The van der Waals surface area contributed by atoms with Crippen molar-refractivity contribution in [1.82, 2.24) is 10.2 Å². The molecule has 9 heteroatoms. The number of ether oxygens (including phenoxy) is 2. The van der Waals surface area contributed by atoms with E-state index in [-0.39, 0.29) is 5.02 Å². The third-order valence-corrected chi connectivity index (χ3v) is 6.63. The summed E-state index contributed by atoms with van der Waals surface area (Å²) in [7, 11) is 0. The van der Waals surface area contributed by atoms with Crippen LogP contribution in [0.2, 0.25) is 5.02 Å². The number of carbonyl (C=O) groups excluding carboxylic acids is 3. The number of nitrogens with zero attached hydrogens (tertiary/aromatic N) is 1. The van der Waals surface area contributed by atoms with E-state index in [2.05, 4.69) is 10.6 Å². The van der Waals surface area contributed by atoms with E-state index in [1.807, 2.05) is 24.3 Å². The summed E-state index contributed by atoms with van der Waals surface area (Å²) in [5.74, 6) is 0.0605. The zero-order valence-corrected chi connectivity index (χ0v) is 18.7. The minimum atomic E-state index is -1.13. The van der Waals surface area contributed by atoms with E-state index in [0.29, 0.717) is 36.8 Å². The number of aryl methyl sites for hydroxylation is 1. The molecule has 1 spiro atoms. The van der Waals surface area contributed by atoms with Gasteiger partial charge in [0.25, 0.3) is 5.91 Å². The second-order valence-electron chi connectivity index (χ2n) is 8.47.